The van der Waals surface area contributed by atoms with Gasteiger partial charge in [-0.2, -0.15) is 5.10 Å². The first-order valence-electron chi connectivity index (χ1n) is 12.0. The van der Waals surface area contributed by atoms with Gasteiger partial charge in [-0.1, -0.05) is 72.4 Å². The van der Waals surface area contributed by atoms with E-state index in [0.717, 1.165) is 22.3 Å². The maximum atomic E-state index is 13.8. The van der Waals surface area contributed by atoms with Crippen LogP contribution in [-0.4, -0.2) is 40.8 Å². The molecule has 0 aromatic heterocycles. The lowest BCUT2D eigenvalue weighted by Crippen LogP contribution is -2.39. The largest absolute Gasteiger partial charge is 0.497 e. The van der Waals surface area contributed by atoms with E-state index in [0.29, 0.717) is 34.4 Å². The van der Waals surface area contributed by atoms with Crippen molar-refractivity contribution >= 4 is 23.4 Å². The Morgan fingerprint density at radius 3 is 2.24 bits per heavy atom. The van der Waals surface area contributed by atoms with E-state index in [1.807, 2.05) is 48.5 Å². The molecule has 10 heteroatoms. The van der Waals surface area contributed by atoms with Gasteiger partial charge >= 0.3 is 0 Å². The molecule has 1 fully saturated rings. The molecular formula is C28H23N5O4S. The summed E-state index contributed by atoms with van der Waals surface area (Å²) in [6, 6.07) is 22.6. The lowest BCUT2D eigenvalue weighted by atomic mass is 9.85. The number of benzene rings is 3. The molecule has 0 saturated carbocycles. The summed E-state index contributed by atoms with van der Waals surface area (Å²) in [6.45, 7) is 0.477. The first-order valence-corrected chi connectivity index (χ1v) is 13.0. The molecule has 1 amide bonds. The normalized spacial score (nSPS) is 17.7. The molecule has 2 aliphatic heterocycles. The van der Waals surface area contributed by atoms with Crippen molar-refractivity contribution in [2.75, 3.05) is 19.4 Å². The lowest BCUT2D eigenvalue weighted by Gasteiger charge is -2.31. The molecule has 38 heavy (non-hydrogen) atoms. The number of amides is 1. The Hall–Kier alpha value is -4.57. The molecule has 3 aliphatic rings. The Morgan fingerprint density at radius 2 is 1.66 bits per heavy atom. The van der Waals surface area contributed by atoms with E-state index in [-0.39, 0.29) is 17.1 Å². The highest BCUT2D eigenvalue weighted by Crippen LogP contribution is 2.47. The fourth-order valence-electron chi connectivity index (χ4n) is 5.24. The van der Waals surface area contributed by atoms with E-state index in [9.17, 15) is 14.9 Å². The Bertz CT molecular complexity index is 1530. The van der Waals surface area contributed by atoms with Crippen LogP contribution in [0.3, 0.4) is 0 Å². The highest BCUT2D eigenvalue weighted by Gasteiger charge is 2.46. The van der Waals surface area contributed by atoms with Gasteiger partial charge in [0.25, 0.3) is 11.6 Å². The molecule has 3 aromatic carbocycles. The summed E-state index contributed by atoms with van der Waals surface area (Å²) in [7, 11) is 1.54. The van der Waals surface area contributed by atoms with Crippen LogP contribution in [0.25, 0.3) is 11.1 Å². The molecule has 1 unspecified atom stereocenters. The molecular weight excluding hydrogens is 502 g/mol. The number of thioether (sulfide) groups is 1. The first-order chi connectivity index (χ1) is 18.5. The quantitative estimate of drug-likeness (QED) is 0.298. The van der Waals surface area contributed by atoms with Crippen molar-refractivity contribution < 1.29 is 14.5 Å². The molecule has 1 aliphatic carbocycles. The number of methoxy groups -OCH3 is 1. The van der Waals surface area contributed by atoms with Crippen LogP contribution >= 0.6 is 11.8 Å². The molecule has 1 atom stereocenters. The van der Waals surface area contributed by atoms with Gasteiger partial charge in [0.1, 0.15) is 17.5 Å². The number of ether oxygens (including phenoxy) is 1. The second-order valence-electron chi connectivity index (χ2n) is 8.95. The van der Waals surface area contributed by atoms with Gasteiger partial charge in [0.2, 0.25) is 0 Å². The zero-order chi connectivity index (χ0) is 26.4. The summed E-state index contributed by atoms with van der Waals surface area (Å²) in [4.78, 5) is 27.4. The van der Waals surface area contributed by atoms with Gasteiger partial charge in [-0.05, 0) is 28.8 Å². The van der Waals surface area contributed by atoms with Crippen LogP contribution in [0.5, 0.6) is 5.75 Å². The highest BCUT2D eigenvalue weighted by atomic mass is 32.2. The number of nitrogens with one attached hydrogen (secondary N) is 1. The fraction of sp³-hybridized carbons (Fsp3) is 0.143. The minimum absolute atomic E-state index is 0.0683. The molecule has 9 nitrogen and oxygen atoms in total. The molecule has 2 heterocycles. The smallest absolute Gasteiger partial charge is 0.288 e. The summed E-state index contributed by atoms with van der Waals surface area (Å²) in [6.07, 6.45) is 0. The monoisotopic (exact) mass is 525 g/mol. The molecule has 0 spiro atoms. The average Bonchev–Trinajstić information content (AvgIpc) is 3.55. The van der Waals surface area contributed by atoms with Crippen LogP contribution in [0.2, 0.25) is 0 Å². The van der Waals surface area contributed by atoms with E-state index < -0.39 is 16.7 Å². The summed E-state index contributed by atoms with van der Waals surface area (Å²) in [5, 5.41) is 17.4. The summed E-state index contributed by atoms with van der Waals surface area (Å²) in [5.41, 5.74) is 14.3. The zero-order valence-electron chi connectivity index (χ0n) is 20.4. The van der Waals surface area contributed by atoms with Crippen molar-refractivity contribution in [2.45, 2.75) is 5.92 Å². The highest BCUT2D eigenvalue weighted by molar-refractivity contribution is 8.03. The van der Waals surface area contributed by atoms with E-state index in [1.54, 1.807) is 36.3 Å². The maximum absolute atomic E-state index is 13.8. The second-order valence-corrected chi connectivity index (χ2v) is 10.0. The molecule has 190 valence electrons. The number of allylic oxidation sites excluding steroid dienone is 1. The zero-order valence-corrected chi connectivity index (χ0v) is 21.2. The third-order valence-corrected chi connectivity index (χ3v) is 8.05. The lowest BCUT2D eigenvalue weighted by molar-refractivity contribution is -0.430. The van der Waals surface area contributed by atoms with Gasteiger partial charge in [-0.15, -0.1) is 0 Å². The number of nitrogens with zero attached hydrogens (tertiary/aromatic N) is 3. The van der Waals surface area contributed by atoms with E-state index >= 15 is 0 Å². The number of fused-ring (bicyclic) bond motifs is 4. The Labute approximate surface area is 222 Å². The third kappa shape index (κ3) is 3.72. The fourth-order valence-corrected chi connectivity index (χ4v) is 6.39. The summed E-state index contributed by atoms with van der Waals surface area (Å²) in [5.74, 6) is -0.136. The number of carbonyl (C=O) groups excluding carboxylic acids is 1. The van der Waals surface area contributed by atoms with Crippen molar-refractivity contribution in [1.29, 1.82) is 0 Å². The number of hydrogen-bond donors (Lipinski definition) is 2. The second kappa shape index (κ2) is 9.38. The SMILES string of the molecule is COc1ccc(C2C(C(=O)NN=C3c4ccccc4-c4ccccc43)=C(N)N3CCSC3=C2[N+](=O)[O-])cc1. The van der Waals surface area contributed by atoms with Gasteiger partial charge in [0.15, 0.2) is 5.03 Å². The molecule has 3 aromatic rings. The Kier molecular flexibility index (Phi) is 5.88. The van der Waals surface area contributed by atoms with E-state index in [1.165, 1.54) is 11.8 Å². The Morgan fingerprint density at radius 1 is 1.05 bits per heavy atom. The van der Waals surface area contributed by atoms with Crippen molar-refractivity contribution in [3.05, 3.63) is 122 Å². The van der Waals surface area contributed by atoms with Crippen LogP contribution < -0.4 is 15.9 Å². The van der Waals surface area contributed by atoms with E-state index in [4.69, 9.17) is 10.5 Å². The molecule has 0 bridgehead atoms. The Balaban J connectivity index is 1.43. The van der Waals surface area contributed by atoms with Gasteiger partial charge in [-0.25, -0.2) is 5.43 Å². The van der Waals surface area contributed by atoms with Gasteiger partial charge in [-0.3, -0.25) is 14.9 Å². The number of nitro groups is 1. The predicted octanol–water partition coefficient (Wildman–Crippen LogP) is 4.01. The number of nitrogens with two attached hydrogens (primary N) is 1. The molecule has 1 saturated heterocycles. The minimum atomic E-state index is -0.976. The topological polar surface area (TPSA) is 123 Å². The van der Waals surface area contributed by atoms with Crippen molar-refractivity contribution in [1.82, 2.24) is 10.3 Å². The predicted molar refractivity (Wildman–Crippen MR) is 146 cm³/mol. The van der Waals surface area contributed by atoms with Crippen molar-refractivity contribution in [3.63, 3.8) is 0 Å². The molecule has 0 radical (unpaired) electrons. The number of rotatable bonds is 5. The van der Waals surface area contributed by atoms with E-state index in [2.05, 4.69) is 10.5 Å². The van der Waals surface area contributed by atoms with Crippen LogP contribution in [0.1, 0.15) is 22.6 Å². The first kappa shape index (κ1) is 23.8. The van der Waals surface area contributed by atoms with Crippen LogP contribution in [0, 0.1) is 10.1 Å². The van der Waals surface area contributed by atoms with Crippen LogP contribution in [0.4, 0.5) is 0 Å². The van der Waals surface area contributed by atoms with Gasteiger partial charge in [0.05, 0.1) is 23.3 Å². The minimum Gasteiger partial charge on any atom is -0.497 e. The number of carbonyl (C=O) groups is 1. The molecule has 3 N–H and O–H groups in total. The van der Waals surface area contributed by atoms with Gasteiger partial charge < -0.3 is 15.4 Å². The average molecular weight is 526 g/mol. The third-order valence-electron chi connectivity index (χ3n) is 6.96. The van der Waals surface area contributed by atoms with Crippen molar-refractivity contribution in [3.8, 4) is 16.9 Å². The summed E-state index contributed by atoms with van der Waals surface area (Å²) < 4.78 is 5.26. The summed E-state index contributed by atoms with van der Waals surface area (Å²) >= 11 is 1.37. The number of hydrazone groups is 1. The standard InChI is InChI=1S/C28H23N5O4S/c1-37-17-12-10-16(11-13-17)22-23(26(29)32-14-15-38-28(32)25(22)33(35)36)27(34)31-30-24-20-8-4-2-6-18(20)19-7-3-5-9-21(19)24/h2-13,22H,14-15,29H2,1H3,(H,31,34). The van der Waals surface area contributed by atoms with Gasteiger partial charge in [0, 0.05) is 23.4 Å². The number of hydrogen-bond acceptors (Lipinski definition) is 8. The van der Waals surface area contributed by atoms with Crippen LogP contribution in [0.15, 0.2) is 100 Å². The maximum Gasteiger partial charge on any atom is 0.288 e. The molecule has 6 rings (SSSR count). The van der Waals surface area contributed by atoms with Crippen LogP contribution in [-0.2, 0) is 4.79 Å². The van der Waals surface area contributed by atoms with Crippen molar-refractivity contribution in [2.24, 2.45) is 10.8 Å².